The zero-order valence-corrected chi connectivity index (χ0v) is 24.6. The molecular weight excluding hydrogens is 564 g/mol. The molecule has 12 heteroatoms. The standard InChI is InChI=1S/C31H36O12/c1-5-38-26(34)30(27(35)39-6-2,42-24(32)22-16-11-9-12-17-22)20-15-21-31(28(36)40-7-3,29(37)41-8-4)43-25(33)23-18-13-10-14-19-23/h9-14,16-19H,5-8,15,20-21H2,1-4H3. The van der Waals surface area contributed by atoms with Crippen LogP contribution < -0.4 is 0 Å². The summed E-state index contributed by atoms with van der Waals surface area (Å²) in [5.74, 6) is -6.96. The summed E-state index contributed by atoms with van der Waals surface area (Å²) in [5, 5.41) is 0. The van der Waals surface area contributed by atoms with E-state index in [1.165, 1.54) is 52.0 Å². The number of benzene rings is 2. The van der Waals surface area contributed by atoms with Gasteiger partial charge in [-0.3, -0.25) is 0 Å². The van der Waals surface area contributed by atoms with Gasteiger partial charge in [-0.2, -0.15) is 0 Å². The van der Waals surface area contributed by atoms with Gasteiger partial charge in [0.1, 0.15) is 0 Å². The van der Waals surface area contributed by atoms with Crippen LogP contribution in [0.5, 0.6) is 0 Å². The lowest BCUT2D eigenvalue weighted by Gasteiger charge is -2.32. The summed E-state index contributed by atoms with van der Waals surface area (Å²) >= 11 is 0. The smallest absolute Gasteiger partial charge is 0.362 e. The molecule has 0 fully saturated rings. The van der Waals surface area contributed by atoms with Crippen molar-refractivity contribution in [2.75, 3.05) is 26.4 Å². The lowest BCUT2D eigenvalue weighted by atomic mass is 9.89. The summed E-state index contributed by atoms with van der Waals surface area (Å²) in [6, 6.07) is 15.2. The maximum Gasteiger partial charge on any atom is 0.362 e. The Kier molecular flexibility index (Phi) is 13.3. The maximum atomic E-state index is 13.3. The first-order valence-electron chi connectivity index (χ1n) is 13.9. The van der Waals surface area contributed by atoms with Gasteiger partial charge in [0.05, 0.1) is 37.6 Å². The predicted octanol–water partition coefficient (Wildman–Crippen LogP) is 3.60. The second-order valence-electron chi connectivity index (χ2n) is 8.90. The van der Waals surface area contributed by atoms with Gasteiger partial charge in [-0.05, 0) is 58.4 Å². The van der Waals surface area contributed by atoms with E-state index in [1.54, 1.807) is 36.4 Å². The van der Waals surface area contributed by atoms with Crippen LogP contribution in [-0.2, 0) is 47.6 Å². The molecule has 232 valence electrons. The van der Waals surface area contributed by atoms with E-state index in [0.29, 0.717) is 0 Å². The van der Waals surface area contributed by atoms with Crippen molar-refractivity contribution in [2.24, 2.45) is 0 Å². The van der Waals surface area contributed by atoms with Crippen molar-refractivity contribution in [3.8, 4) is 0 Å². The van der Waals surface area contributed by atoms with Gasteiger partial charge < -0.3 is 28.4 Å². The molecule has 2 aromatic carbocycles. The average molecular weight is 601 g/mol. The van der Waals surface area contributed by atoms with Crippen LogP contribution in [0.15, 0.2) is 60.7 Å². The summed E-state index contributed by atoms with van der Waals surface area (Å²) in [6.07, 6.45) is -1.63. The molecule has 0 aliphatic heterocycles. The number of esters is 6. The number of carbonyl (C=O) groups is 6. The van der Waals surface area contributed by atoms with Crippen molar-refractivity contribution < 1.29 is 57.2 Å². The Morgan fingerprint density at radius 1 is 0.488 bits per heavy atom. The average Bonchev–Trinajstić information content (AvgIpc) is 3.01. The van der Waals surface area contributed by atoms with Crippen LogP contribution in [0.25, 0.3) is 0 Å². The van der Waals surface area contributed by atoms with Crippen LogP contribution in [0, 0.1) is 0 Å². The molecule has 2 rings (SSSR count). The highest BCUT2D eigenvalue weighted by atomic mass is 16.6. The highest BCUT2D eigenvalue weighted by Crippen LogP contribution is 2.31. The highest BCUT2D eigenvalue weighted by Gasteiger charge is 2.56. The zero-order chi connectivity index (χ0) is 31.9. The Hall–Kier alpha value is -4.74. The molecule has 0 amide bonds. The molecule has 0 saturated heterocycles. The first-order valence-corrected chi connectivity index (χ1v) is 13.9. The van der Waals surface area contributed by atoms with Gasteiger partial charge in [0.2, 0.25) is 0 Å². The van der Waals surface area contributed by atoms with Gasteiger partial charge in [0.15, 0.2) is 0 Å². The SMILES string of the molecule is CCOC(=O)C(CCCC(OC(=O)c1ccccc1)(C(=O)OCC)C(=O)OCC)(OC(=O)c1ccccc1)C(=O)OCC. The molecule has 0 aliphatic carbocycles. The highest BCUT2D eigenvalue weighted by molar-refractivity contribution is 6.08. The molecule has 0 heterocycles. The fraction of sp³-hybridized carbons (Fsp3) is 0.419. The molecule has 12 nitrogen and oxygen atoms in total. The van der Waals surface area contributed by atoms with Crippen molar-refractivity contribution in [2.45, 2.75) is 58.2 Å². The number of hydrogen-bond acceptors (Lipinski definition) is 12. The molecular formula is C31H36O12. The predicted molar refractivity (Wildman–Crippen MR) is 150 cm³/mol. The molecule has 0 radical (unpaired) electrons. The van der Waals surface area contributed by atoms with Crippen LogP contribution >= 0.6 is 0 Å². The third-order valence-corrected chi connectivity index (χ3v) is 6.03. The van der Waals surface area contributed by atoms with Crippen molar-refractivity contribution in [3.63, 3.8) is 0 Å². The van der Waals surface area contributed by atoms with E-state index in [1.807, 2.05) is 0 Å². The Morgan fingerprint density at radius 2 is 0.767 bits per heavy atom. The van der Waals surface area contributed by atoms with E-state index in [9.17, 15) is 28.8 Å². The van der Waals surface area contributed by atoms with E-state index in [4.69, 9.17) is 28.4 Å². The van der Waals surface area contributed by atoms with Gasteiger partial charge in [0.25, 0.3) is 0 Å². The molecule has 43 heavy (non-hydrogen) atoms. The van der Waals surface area contributed by atoms with Gasteiger partial charge in [-0.15, -0.1) is 0 Å². The third-order valence-electron chi connectivity index (χ3n) is 6.03. The number of ether oxygens (including phenoxy) is 6. The Morgan fingerprint density at radius 3 is 1.02 bits per heavy atom. The maximum absolute atomic E-state index is 13.3. The number of hydrogen-bond donors (Lipinski definition) is 0. The number of carbonyl (C=O) groups excluding carboxylic acids is 6. The summed E-state index contributed by atoms with van der Waals surface area (Å²) in [4.78, 5) is 79.2. The molecule has 0 aromatic heterocycles. The molecule has 0 aliphatic rings. The van der Waals surface area contributed by atoms with Crippen LogP contribution in [0.2, 0.25) is 0 Å². The topological polar surface area (TPSA) is 158 Å². The second-order valence-corrected chi connectivity index (χ2v) is 8.90. The van der Waals surface area contributed by atoms with E-state index in [-0.39, 0.29) is 44.0 Å². The van der Waals surface area contributed by atoms with Crippen LogP contribution in [0.4, 0.5) is 0 Å². The van der Waals surface area contributed by atoms with Crippen LogP contribution in [0.3, 0.4) is 0 Å². The Bertz CT molecular complexity index is 1120. The molecule has 2 aromatic rings. The van der Waals surface area contributed by atoms with Crippen LogP contribution in [0.1, 0.15) is 67.7 Å². The summed E-state index contributed by atoms with van der Waals surface area (Å²) < 4.78 is 31.4. The van der Waals surface area contributed by atoms with Crippen molar-refractivity contribution in [3.05, 3.63) is 71.8 Å². The molecule has 0 bridgehead atoms. The zero-order valence-electron chi connectivity index (χ0n) is 24.6. The minimum atomic E-state index is -2.63. The van der Waals surface area contributed by atoms with Crippen molar-refractivity contribution >= 4 is 35.8 Å². The Labute approximate surface area is 249 Å². The van der Waals surface area contributed by atoms with E-state index in [2.05, 4.69) is 0 Å². The van der Waals surface area contributed by atoms with E-state index in [0.717, 1.165) is 0 Å². The normalized spacial score (nSPS) is 11.1. The Balaban J connectivity index is 2.55. The van der Waals surface area contributed by atoms with Gasteiger partial charge in [0, 0.05) is 12.8 Å². The first kappa shape index (κ1) is 34.5. The lowest BCUT2D eigenvalue weighted by Crippen LogP contribution is -2.54. The molecule has 0 N–H and O–H groups in total. The fourth-order valence-corrected chi connectivity index (χ4v) is 4.00. The molecule has 0 saturated carbocycles. The monoisotopic (exact) mass is 600 g/mol. The van der Waals surface area contributed by atoms with E-state index < -0.39 is 59.9 Å². The minimum Gasteiger partial charge on any atom is -0.463 e. The minimum absolute atomic E-state index is 0.0321. The fourth-order valence-electron chi connectivity index (χ4n) is 4.00. The van der Waals surface area contributed by atoms with Crippen LogP contribution in [-0.4, -0.2) is 73.4 Å². The molecule has 0 spiro atoms. The van der Waals surface area contributed by atoms with E-state index >= 15 is 0 Å². The van der Waals surface area contributed by atoms with Crippen molar-refractivity contribution in [1.29, 1.82) is 0 Å². The quantitative estimate of drug-likeness (QED) is 0.157. The first-order chi connectivity index (χ1) is 20.6. The lowest BCUT2D eigenvalue weighted by molar-refractivity contribution is -0.187. The summed E-state index contributed by atoms with van der Waals surface area (Å²) in [6.45, 7) is 5.26. The molecule has 0 atom stereocenters. The van der Waals surface area contributed by atoms with Gasteiger partial charge in [-0.1, -0.05) is 36.4 Å². The van der Waals surface area contributed by atoms with Gasteiger partial charge >= 0.3 is 47.0 Å². The molecule has 0 unspecified atom stereocenters. The third kappa shape index (κ3) is 8.63. The largest absolute Gasteiger partial charge is 0.463 e. The summed E-state index contributed by atoms with van der Waals surface area (Å²) in [5.41, 5.74) is -5.19. The second kappa shape index (κ2) is 16.6. The number of rotatable bonds is 16. The summed E-state index contributed by atoms with van der Waals surface area (Å²) in [7, 11) is 0. The van der Waals surface area contributed by atoms with Crippen molar-refractivity contribution in [1.82, 2.24) is 0 Å². The van der Waals surface area contributed by atoms with Gasteiger partial charge in [-0.25, -0.2) is 28.8 Å².